The Morgan fingerprint density at radius 1 is 1.21 bits per heavy atom. The molecule has 1 rings (SSSR count). The van der Waals surface area contributed by atoms with Crippen molar-refractivity contribution in [3.8, 4) is 0 Å². The minimum Gasteiger partial charge on any atom is -0.368 e. The fourth-order valence-electron chi connectivity index (χ4n) is 1.38. The molecule has 0 aliphatic rings. The number of carbonyl (C=O) groups is 2. The standard InChI is InChI=1S/C13H20N4O2/c1-8(14)9-4-6-10(7-5-9)16-12(19)17-13(2,3)11(15)18/h4-8H,14H2,1-3H3,(H2,15,18)(H2,16,17,19). The first kappa shape index (κ1) is 15.0. The molecule has 1 atom stereocenters. The minimum absolute atomic E-state index is 0.0586. The van der Waals surface area contributed by atoms with Crippen molar-refractivity contribution in [2.45, 2.75) is 32.4 Å². The monoisotopic (exact) mass is 264 g/mol. The van der Waals surface area contributed by atoms with Gasteiger partial charge in [-0.2, -0.15) is 0 Å². The van der Waals surface area contributed by atoms with E-state index in [4.69, 9.17) is 11.5 Å². The molecule has 1 aromatic rings. The summed E-state index contributed by atoms with van der Waals surface area (Å²) in [5, 5.41) is 5.11. The van der Waals surface area contributed by atoms with Crippen LogP contribution in [0.4, 0.5) is 10.5 Å². The maximum absolute atomic E-state index is 11.7. The van der Waals surface area contributed by atoms with Crippen LogP contribution in [0.2, 0.25) is 0 Å². The molecule has 19 heavy (non-hydrogen) atoms. The fraction of sp³-hybridized carbons (Fsp3) is 0.385. The molecule has 1 unspecified atom stereocenters. The van der Waals surface area contributed by atoms with Crippen LogP contribution in [0.1, 0.15) is 32.4 Å². The Bertz CT molecular complexity index is 466. The van der Waals surface area contributed by atoms with Crippen molar-refractivity contribution < 1.29 is 9.59 Å². The van der Waals surface area contributed by atoms with Gasteiger partial charge in [0.25, 0.3) is 0 Å². The van der Waals surface area contributed by atoms with E-state index in [2.05, 4.69) is 10.6 Å². The summed E-state index contributed by atoms with van der Waals surface area (Å²) in [7, 11) is 0. The smallest absolute Gasteiger partial charge is 0.320 e. The normalized spacial score (nSPS) is 12.6. The highest BCUT2D eigenvalue weighted by atomic mass is 16.2. The highest BCUT2D eigenvalue weighted by molar-refractivity contribution is 5.94. The predicted molar refractivity (Wildman–Crippen MR) is 74.5 cm³/mol. The zero-order chi connectivity index (χ0) is 14.6. The molecule has 0 fully saturated rings. The Hall–Kier alpha value is -2.08. The van der Waals surface area contributed by atoms with E-state index in [0.717, 1.165) is 5.56 Å². The van der Waals surface area contributed by atoms with Crippen molar-refractivity contribution >= 4 is 17.6 Å². The predicted octanol–water partition coefficient (Wildman–Crippen LogP) is 1.09. The average molecular weight is 264 g/mol. The maximum atomic E-state index is 11.7. The molecule has 3 amide bonds. The summed E-state index contributed by atoms with van der Waals surface area (Å²) < 4.78 is 0. The minimum atomic E-state index is -1.10. The number of hydrogen-bond donors (Lipinski definition) is 4. The first-order chi connectivity index (χ1) is 8.72. The number of nitrogens with one attached hydrogen (secondary N) is 2. The van der Waals surface area contributed by atoms with E-state index in [-0.39, 0.29) is 6.04 Å². The second-order valence-corrected chi connectivity index (χ2v) is 4.98. The number of rotatable bonds is 4. The molecule has 0 aliphatic heterocycles. The first-order valence-electron chi connectivity index (χ1n) is 5.97. The van der Waals surface area contributed by atoms with Crippen molar-refractivity contribution in [1.82, 2.24) is 5.32 Å². The second-order valence-electron chi connectivity index (χ2n) is 4.98. The van der Waals surface area contributed by atoms with Gasteiger partial charge < -0.3 is 22.1 Å². The molecular weight excluding hydrogens is 244 g/mol. The van der Waals surface area contributed by atoms with Gasteiger partial charge >= 0.3 is 6.03 Å². The number of hydrogen-bond acceptors (Lipinski definition) is 3. The number of carbonyl (C=O) groups excluding carboxylic acids is 2. The maximum Gasteiger partial charge on any atom is 0.320 e. The lowest BCUT2D eigenvalue weighted by molar-refractivity contribution is -0.122. The summed E-state index contributed by atoms with van der Waals surface area (Å²) in [5.41, 5.74) is 11.4. The van der Waals surface area contributed by atoms with Crippen LogP contribution in [0.3, 0.4) is 0 Å². The Kier molecular flexibility index (Phi) is 4.50. The quantitative estimate of drug-likeness (QED) is 0.653. The van der Waals surface area contributed by atoms with Crippen LogP contribution in [0.25, 0.3) is 0 Å². The lowest BCUT2D eigenvalue weighted by atomic mass is 10.1. The Labute approximate surface area is 112 Å². The van der Waals surface area contributed by atoms with Gasteiger partial charge in [0, 0.05) is 11.7 Å². The molecule has 1 aromatic carbocycles. The number of primary amides is 1. The van der Waals surface area contributed by atoms with Crippen LogP contribution in [0, 0.1) is 0 Å². The van der Waals surface area contributed by atoms with Crippen molar-refractivity contribution in [3.05, 3.63) is 29.8 Å². The summed E-state index contributed by atoms with van der Waals surface area (Å²) in [5.74, 6) is -0.602. The third kappa shape index (κ3) is 4.26. The summed E-state index contributed by atoms with van der Waals surface area (Å²) in [6.45, 7) is 4.95. The number of benzene rings is 1. The summed E-state index contributed by atoms with van der Waals surface area (Å²) in [6.07, 6.45) is 0. The van der Waals surface area contributed by atoms with Crippen molar-refractivity contribution in [3.63, 3.8) is 0 Å². The van der Waals surface area contributed by atoms with Gasteiger partial charge in [0.1, 0.15) is 5.54 Å². The van der Waals surface area contributed by atoms with E-state index in [9.17, 15) is 9.59 Å². The van der Waals surface area contributed by atoms with Crippen LogP contribution < -0.4 is 22.1 Å². The molecule has 0 heterocycles. The van der Waals surface area contributed by atoms with Gasteiger partial charge in [-0.25, -0.2) is 4.79 Å². The van der Waals surface area contributed by atoms with E-state index in [1.807, 2.05) is 19.1 Å². The summed E-state index contributed by atoms with van der Waals surface area (Å²) in [6, 6.07) is 6.61. The van der Waals surface area contributed by atoms with Gasteiger partial charge in [0.2, 0.25) is 5.91 Å². The van der Waals surface area contributed by atoms with Crippen LogP contribution in [-0.4, -0.2) is 17.5 Å². The molecule has 0 bridgehead atoms. The van der Waals surface area contributed by atoms with Crippen LogP contribution >= 0.6 is 0 Å². The molecular formula is C13H20N4O2. The number of nitrogens with two attached hydrogens (primary N) is 2. The largest absolute Gasteiger partial charge is 0.368 e. The first-order valence-corrected chi connectivity index (χ1v) is 5.97. The van der Waals surface area contributed by atoms with Gasteiger partial charge in [-0.05, 0) is 38.5 Å². The average Bonchev–Trinajstić information content (AvgIpc) is 2.28. The van der Waals surface area contributed by atoms with Gasteiger partial charge in [0.05, 0.1) is 0 Å². The van der Waals surface area contributed by atoms with E-state index in [0.29, 0.717) is 5.69 Å². The van der Waals surface area contributed by atoms with Gasteiger partial charge in [-0.3, -0.25) is 4.79 Å². The molecule has 104 valence electrons. The van der Waals surface area contributed by atoms with E-state index >= 15 is 0 Å². The zero-order valence-electron chi connectivity index (χ0n) is 11.4. The van der Waals surface area contributed by atoms with E-state index in [1.54, 1.807) is 12.1 Å². The second kappa shape index (κ2) is 5.71. The molecule has 0 aliphatic carbocycles. The Morgan fingerprint density at radius 3 is 2.16 bits per heavy atom. The van der Waals surface area contributed by atoms with Crippen molar-refractivity contribution in [1.29, 1.82) is 0 Å². The molecule has 0 aromatic heterocycles. The van der Waals surface area contributed by atoms with Crippen LogP contribution in [-0.2, 0) is 4.79 Å². The molecule has 0 saturated carbocycles. The topological polar surface area (TPSA) is 110 Å². The number of amides is 3. The summed E-state index contributed by atoms with van der Waals surface area (Å²) in [4.78, 5) is 22.8. The lowest BCUT2D eigenvalue weighted by Crippen LogP contribution is -2.54. The number of anilines is 1. The highest BCUT2D eigenvalue weighted by Crippen LogP contribution is 2.14. The van der Waals surface area contributed by atoms with Crippen molar-refractivity contribution in [2.75, 3.05) is 5.32 Å². The van der Waals surface area contributed by atoms with Gasteiger partial charge in [-0.1, -0.05) is 12.1 Å². The van der Waals surface area contributed by atoms with E-state index < -0.39 is 17.5 Å². The van der Waals surface area contributed by atoms with Crippen molar-refractivity contribution in [2.24, 2.45) is 11.5 Å². The van der Waals surface area contributed by atoms with E-state index in [1.165, 1.54) is 13.8 Å². The zero-order valence-corrected chi connectivity index (χ0v) is 11.4. The Morgan fingerprint density at radius 2 is 1.74 bits per heavy atom. The molecule has 6 heteroatoms. The molecule has 6 nitrogen and oxygen atoms in total. The third-order valence-corrected chi connectivity index (χ3v) is 2.74. The molecule has 0 spiro atoms. The molecule has 0 radical (unpaired) electrons. The summed E-state index contributed by atoms with van der Waals surface area (Å²) >= 11 is 0. The molecule has 0 saturated heterocycles. The Balaban J connectivity index is 2.65. The van der Waals surface area contributed by atoms with Gasteiger partial charge in [-0.15, -0.1) is 0 Å². The SMILES string of the molecule is CC(N)c1ccc(NC(=O)NC(C)(C)C(N)=O)cc1. The highest BCUT2D eigenvalue weighted by Gasteiger charge is 2.26. The van der Waals surface area contributed by atoms with Crippen LogP contribution in [0.5, 0.6) is 0 Å². The number of urea groups is 1. The fourth-order valence-corrected chi connectivity index (χ4v) is 1.38. The third-order valence-electron chi connectivity index (χ3n) is 2.74. The molecule has 6 N–H and O–H groups in total. The van der Waals surface area contributed by atoms with Crippen LogP contribution in [0.15, 0.2) is 24.3 Å². The lowest BCUT2D eigenvalue weighted by Gasteiger charge is -2.22. The van der Waals surface area contributed by atoms with Gasteiger partial charge in [0.15, 0.2) is 0 Å².